The third-order valence-corrected chi connectivity index (χ3v) is 6.31. The minimum atomic E-state index is 0.0717. The number of benzene rings is 2. The van der Waals surface area contributed by atoms with E-state index in [4.69, 9.17) is 27.9 Å². The second-order valence-electron chi connectivity index (χ2n) is 6.95. The Kier molecular flexibility index (Phi) is 6.89. The van der Waals surface area contributed by atoms with Crippen LogP contribution in [0, 0.1) is 0 Å². The predicted molar refractivity (Wildman–Crippen MR) is 124 cm³/mol. The largest absolute Gasteiger partial charge is 0.496 e. The Bertz CT molecular complexity index is 1070. The first-order valence-corrected chi connectivity index (χ1v) is 11.4. The molecule has 2 heterocycles. The highest BCUT2D eigenvalue weighted by atomic mass is 35.5. The number of carbonyl (C=O) groups is 1. The molecule has 0 radical (unpaired) electrons. The number of H-pyrrole nitrogens is 1. The number of ether oxygens (including phenoxy) is 1. The number of amides is 1. The summed E-state index contributed by atoms with van der Waals surface area (Å²) in [7, 11) is 1.59. The maximum Gasteiger partial charge on any atom is 0.233 e. The van der Waals surface area contributed by atoms with Crippen LogP contribution >= 0.6 is 35.0 Å². The topological polar surface area (TPSA) is 74.3 Å². The van der Waals surface area contributed by atoms with Gasteiger partial charge in [-0.15, -0.1) is 5.10 Å². The van der Waals surface area contributed by atoms with Crippen LogP contribution < -0.4 is 9.64 Å². The summed E-state index contributed by atoms with van der Waals surface area (Å²) < 4.78 is 5.36. The number of hydrogen-bond acceptors (Lipinski definition) is 6. The zero-order valence-corrected chi connectivity index (χ0v) is 19.2. The van der Waals surface area contributed by atoms with Crippen LogP contribution in [0.5, 0.6) is 5.75 Å². The van der Waals surface area contributed by atoms with E-state index in [1.54, 1.807) is 25.3 Å². The van der Waals surface area contributed by atoms with Gasteiger partial charge < -0.3 is 14.5 Å². The number of aromatic nitrogens is 3. The molecule has 162 valence electrons. The molecule has 1 saturated heterocycles. The fourth-order valence-corrected chi connectivity index (χ4v) is 4.46. The number of halogens is 2. The number of nitrogens with zero attached hydrogens (tertiary/aromatic N) is 4. The molecule has 1 fully saturated rings. The van der Waals surface area contributed by atoms with Crippen LogP contribution in [0.2, 0.25) is 10.0 Å². The van der Waals surface area contributed by atoms with Crippen molar-refractivity contribution in [3.05, 3.63) is 52.5 Å². The number of carbonyl (C=O) groups excluding carboxylic acids is 1. The Morgan fingerprint density at radius 1 is 1.13 bits per heavy atom. The number of nitrogens with one attached hydrogen (secondary N) is 1. The van der Waals surface area contributed by atoms with Crippen molar-refractivity contribution in [3.8, 4) is 17.1 Å². The van der Waals surface area contributed by atoms with Crippen LogP contribution in [0.15, 0.2) is 47.6 Å². The Morgan fingerprint density at radius 2 is 1.90 bits per heavy atom. The average molecular weight is 478 g/mol. The summed E-state index contributed by atoms with van der Waals surface area (Å²) >= 11 is 13.5. The van der Waals surface area contributed by atoms with E-state index >= 15 is 0 Å². The van der Waals surface area contributed by atoms with Gasteiger partial charge in [0.25, 0.3) is 0 Å². The average Bonchev–Trinajstić information content (AvgIpc) is 3.26. The minimum Gasteiger partial charge on any atom is -0.496 e. The molecule has 0 spiro atoms. The molecule has 10 heteroatoms. The van der Waals surface area contributed by atoms with Gasteiger partial charge in [-0.2, -0.15) is 0 Å². The summed E-state index contributed by atoms with van der Waals surface area (Å²) in [4.78, 5) is 21.2. The van der Waals surface area contributed by atoms with Crippen molar-refractivity contribution in [2.75, 3.05) is 43.9 Å². The van der Waals surface area contributed by atoms with E-state index in [1.807, 2.05) is 29.2 Å². The van der Waals surface area contributed by atoms with Crippen molar-refractivity contribution in [1.29, 1.82) is 0 Å². The van der Waals surface area contributed by atoms with Crippen LogP contribution in [0.4, 0.5) is 5.69 Å². The van der Waals surface area contributed by atoms with E-state index in [-0.39, 0.29) is 11.7 Å². The molecule has 1 aliphatic heterocycles. The van der Waals surface area contributed by atoms with Crippen LogP contribution in [-0.2, 0) is 4.79 Å². The van der Waals surface area contributed by atoms with Gasteiger partial charge >= 0.3 is 0 Å². The maximum absolute atomic E-state index is 12.7. The fraction of sp³-hybridized carbons (Fsp3) is 0.286. The van der Waals surface area contributed by atoms with E-state index < -0.39 is 0 Å². The monoisotopic (exact) mass is 477 g/mol. The van der Waals surface area contributed by atoms with Crippen molar-refractivity contribution in [1.82, 2.24) is 20.1 Å². The lowest BCUT2D eigenvalue weighted by Crippen LogP contribution is -2.49. The molecule has 31 heavy (non-hydrogen) atoms. The molecular formula is C21H21Cl2N5O2S. The molecule has 1 aromatic heterocycles. The Hall–Kier alpha value is -2.42. The third-order valence-electron chi connectivity index (χ3n) is 5.01. The summed E-state index contributed by atoms with van der Waals surface area (Å²) in [6.07, 6.45) is 0. The molecule has 0 atom stereocenters. The first-order chi connectivity index (χ1) is 15.0. The molecule has 3 aromatic rings. The first kappa shape index (κ1) is 21.8. The van der Waals surface area contributed by atoms with E-state index in [9.17, 15) is 4.79 Å². The van der Waals surface area contributed by atoms with Gasteiger partial charge in [-0.3, -0.25) is 9.89 Å². The summed E-state index contributed by atoms with van der Waals surface area (Å²) in [5.74, 6) is 1.54. The van der Waals surface area contributed by atoms with E-state index in [0.717, 1.165) is 24.3 Å². The van der Waals surface area contributed by atoms with Crippen LogP contribution in [0.25, 0.3) is 11.4 Å². The third kappa shape index (κ3) is 5.26. The minimum absolute atomic E-state index is 0.0717. The highest BCUT2D eigenvalue weighted by Gasteiger charge is 2.22. The lowest BCUT2D eigenvalue weighted by Gasteiger charge is -2.36. The molecule has 1 amide bonds. The number of methoxy groups -OCH3 is 1. The number of hydrogen-bond donors (Lipinski definition) is 1. The van der Waals surface area contributed by atoms with Crippen molar-refractivity contribution in [2.45, 2.75) is 5.16 Å². The maximum atomic E-state index is 12.7. The molecule has 0 aliphatic carbocycles. The van der Waals surface area contributed by atoms with E-state index in [1.165, 1.54) is 11.8 Å². The first-order valence-electron chi connectivity index (χ1n) is 9.71. The molecule has 4 rings (SSSR count). The summed E-state index contributed by atoms with van der Waals surface area (Å²) in [5, 5.41) is 8.90. The number of rotatable bonds is 6. The van der Waals surface area contributed by atoms with Gasteiger partial charge in [-0.1, -0.05) is 41.0 Å². The van der Waals surface area contributed by atoms with Crippen molar-refractivity contribution >= 4 is 46.6 Å². The van der Waals surface area contributed by atoms with E-state index in [0.29, 0.717) is 39.9 Å². The van der Waals surface area contributed by atoms with Crippen LogP contribution in [-0.4, -0.2) is 65.0 Å². The van der Waals surface area contributed by atoms with Crippen molar-refractivity contribution < 1.29 is 9.53 Å². The number of thioether (sulfide) groups is 1. The number of anilines is 1. The van der Waals surface area contributed by atoms with Gasteiger partial charge in [0.05, 0.1) is 18.4 Å². The molecule has 7 nitrogen and oxygen atoms in total. The smallest absolute Gasteiger partial charge is 0.233 e. The Morgan fingerprint density at radius 3 is 2.65 bits per heavy atom. The van der Waals surface area contributed by atoms with Gasteiger partial charge in [0, 0.05) is 41.9 Å². The second-order valence-corrected chi connectivity index (χ2v) is 8.76. The fourth-order valence-electron chi connectivity index (χ4n) is 3.40. The van der Waals surface area contributed by atoms with Gasteiger partial charge in [0.1, 0.15) is 5.75 Å². The summed E-state index contributed by atoms with van der Waals surface area (Å²) in [6, 6.07) is 13.1. The van der Waals surface area contributed by atoms with Gasteiger partial charge in [-0.05, 0) is 36.4 Å². The Balaban J connectivity index is 1.32. The van der Waals surface area contributed by atoms with Crippen LogP contribution in [0.1, 0.15) is 0 Å². The van der Waals surface area contributed by atoms with E-state index in [2.05, 4.69) is 20.1 Å². The van der Waals surface area contributed by atoms with Gasteiger partial charge in [0.15, 0.2) is 5.82 Å². The quantitative estimate of drug-likeness (QED) is 0.535. The zero-order chi connectivity index (χ0) is 21.8. The molecule has 2 aromatic carbocycles. The second kappa shape index (κ2) is 9.80. The number of aromatic amines is 1. The molecule has 0 unspecified atom stereocenters. The Labute approximate surface area is 194 Å². The SMILES string of the molecule is COc1ccc(Cl)cc1-c1nc(SCC(=O)N2CCN(c3cccc(Cl)c3)CC2)n[nH]1. The number of piperazine rings is 1. The lowest BCUT2D eigenvalue weighted by molar-refractivity contribution is -0.128. The normalized spacial score (nSPS) is 14.0. The van der Waals surface area contributed by atoms with Crippen molar-refractivity contribution in [3.63, 3.8) is 0 Å². The zero-order valence-electron chi connectivity index (χ0n) is 16.8. The molecule has 0 bridgehead atoms. The molecule has 0 saturated carbocycles. The predicted octanol–water partition coefficient (Wildman–Crippen LogP) is 4.23. The van der Waals surface area contributed by atoms with Gasteiger partial charge in [-0.25, -0.2) is 4.98 Å². The standard InChI is InChI=1S/C21H21Cl2N5O2S/c1-30-18-6-5-15(23)12-17(18)20-24-21(26-25-20)31-13-19(29)28-9-7-27(8-10-28)16-4-2-3-14(22)11-16/h2-6,11-12H,7-10,13H2,1H3,(H,24,25,26). The van der Waals surface area contributed by atoms with Crippen LogP contribution in [0.3, 0.4) is 0 Å². The lowest BCUT2D eigenvalue weighted by atomic mass is 10.2. The van der Waals surface area contributed by atoms with Gasteiger partial charge in [0.2, 0.25) is 11.1 Å². The highest BCUT2D eigenvalue weighted by molar-refractivity contribution is 7.99. The summed E-state index contributed by atoms with van der Waals surface area (Å²) in [5.41, 5.74) is 1.80. The summed E-state index contributed by atoms with van der Waals surface area (Å²) in [6.45, 7) is 2.89. The highest BCUT2D eigenvalue weighted by Crippen LogP contribution is 2.31. The molecular weight excluding hydrogens is 457 g/mol. The van der Waals surface area contributed by atoms with Crippen molar-refractivity contribution in [2.24, 2.45) is 0 Å². The molecule has 1 N–H and O–H groups in total. The molecule has 1 aliphatic rings.